The van der Waals surface area contributed by atoms with E-state index in [9.17, 15) is 4.79 Å². The van der Waals surface area contributed by atoms with Crippen molar-refractivity contribution in [3.63, 3.8) is 0 Å². The van der Waals surface area contributed by atoms with Crippen molar-refractivity contribution in [3.8, 4) is 0 Å². The van der Waals surface area contributed by atoms with E-state index in [1.807, 2.05) is 4.90 Å². The number of amides is 1. The highest BCUT2D eigenvalue weighted by molar-refractivity contribution is 5.85. The fourth-order valence-electron chi connectivity index (χ4n) is 4.01. The lowest BCUT2D eigenvalue weighted by Gasteiger charge is -2.34. The van der Waals surface area contributed by atoms with Crippen LogP contribution in [0.5, 0.6) is 0 Å². The molecule has 4 nitrogen and oxygen atoms in total. The Morgan fingerprint density at radius 3 is 2.72 bits per heavy atom. The maximum Gasteiger partial charge on any atom is 0.223 e. The second-order valence-electron chi connectivity index (χ2n) is 7.09. The fourth-order valence-corrected chi connectivity index (χ4v) is 4.01. The van der Waals surface area contributed by atoms with E-state index < -0.39 is 0 Å². The fraction of sp³-hybridized carbons (Fsp3) is 0.650. The maximum atomic E-state index is 12.7. The van der Waals surface area contributed by atoms with Gasteiger partial charge in [-0.3, -0.25) is 4.79 Å². The minimum absolute atomic E-state index is 0. The minimum atomic E-state index is 0. The van der Waals surface area contributed by atoms with Crippen molar-refractivity contribution in [2.75, 3.05) is 26.2 Å². The molecule has 1 atom stereocenters. The highest BCUT2D eigenvalue weighted by Crippen LogP contribution is 2.34. The zero-order valence-electron chi connectivity index (χ0n) is 15.0. The van der Waals surface area contributed by atoms with Crippen molar-refractivity contribution in [2.45, 2.75) is 57.0 Å². The molecule has 1 amide bonds. The van der Waals surface area contributed by atoms with Crippen molar-refractivity contribution in [1.82, 2.24) is 4.90 Å². The molecule has 2 N–H and O–H groups in total. The average molecular weight is 367 g/mol. The Kier molecular flexibility index (Phi) is 8.20. The summed E-state index contributed by atoms with van der Waals surface area (Å²) in [6, 6.07) is 8.64. The first kappa shape index (κ1) is 20.2. The lowest BCUT2D eigenvalue weighted by atomic mass is 9.81. The third-order valence-corrected chi connectivity index (χ3v) is 5.41. The van der Waals surface area contributed by atoms with E-state index in [1.54, 1.807) is 0 Å². The highest BCUT2D eigenvalue weighted by Gasteiger charge is 2.27. The zero-order valence-corrected chi connectivity index (χ0v) is 15.8. The third-order valence-electron chi connectivity index (χ3n) is 5.41. The Morgan fingerprint density at radius 1 is 1.20 bits per heavy atom. The Morgan fingerprint density at radius 2 is 1.96 bits per heavy atom. The number of benzene rings is 1. The zero-order chi connectivity index (χ0) is 16.8. The molecule has 1 fully saturated rings. The van der Waals surface area contributed by atoms with Gasteiger partial charge in [0.2, 0.25) is 5.91 Å². The molecule has 2 aliphatic rings. The molecule has 0 radical (unpaired) electrons. The van der Waals surface area contributed by atoms with Gasteiger partial charge in [0.15, 0.2) is 0 Å². The number of halogens is 1. The first-order valence-electron chi connectivity index (χ1n) is 9.45. The van der Waals surface area contributed by atoms with Gasteiger partial charge in [0, 0.05) is 26.1 Å². The summed E-state index contributed by atoms with van der Waals surface area (Å²) in [4.78, 5) is 14.8. The number of ether oxygens (including phenoxy) is 1. The summed E-state index contributed by atoms with van der Waals surface area (Å²) in [7, 11) is 0. The quantitative estimate of drug-likeness (QED) is 0.786. The first-order chi connectivity index (χ1) is 11.8. The van der Waals surface area contributed by atoms with Crippen molar-refractivity contribution in [2.24, 2.45) is 5.73 Å². The Labute approximate surface area is 157 Å². The van der Waals surface area contributed by atoms with Gasteiger partial charge in [-0.25, -0.2) is 0 Å². The number of fused-ring (bicyclic) bond motifs is 1. The molecule has 1 saturated heterocycles. The van der Waals surface area contributed by atoms with E-state index in [-0.39, 0.29) is 12.4 Å². The molecule has 1 aliphatic carbocycles. The van der Waals surface area contributed by atoms with Crippen LogP contribution < -0.4 is 5.73 Å². The van der Waals surface area contributed by atoms with E-state index in [4.69, 9.17) is 10.5 Å². The van der Waals surface area contributed by atoms with E-state index in [0.29, 0.717) is 30.9 Å². The number of nitrogens with zero attached hydrogens (tertiary/aromatic N) is 1. The highest BCUT2D eigenvalue weighted by atomic mass is 35.5. The molecule has 3 rings (SSSR count). The Hall–Kier alpha value is -1.10. The average Bonchev–Trinajstić information content (AvgIpc) is 2.63. The number of rotatable bonds is 6. The molecule has 140 valence electrons. The number of piperidine rings is 1. The largest absolute Gasteiger partial charge is 0.378 e. The number of likely N-dealkylation sites (tertiary alicyclic amines) is 1. The van der Waals surface area contributed by atoms with Crippen molar-refractivity contribution < 1.29 is 9.53 Å². The van der Waals surface area contributed by atoms with Gasteiger partial charge in [0.1, 0.15) is 0 Å². The summed E-state index contributed by atoms with van der Waals surface area (Å²) in [5, 5.41) is 0. The monoisotopic (exact) mass is 366 g/mol. The molecule has 0 spiro atoms. The van der Waals surface area contributed by atoms with Crippen LogP contribution in [0.3, 0.4) is 0 Å². The van der Waals surface area contributed by atoms with Crippen LogP contribution in [0.15, 0.2) is 24.3 Å². The lowest BCUT2D eigenvalue weighted by Crippen LogP contribution is -2.41. The molecule has 0 bridgehead atoms. The van der Waals surface area contributed by atoms with Crippen LogP contribution in [0.1, 0.15) is 55.6 Å². The SMILES string of the molecule is Cl.NCCCOC1CCN(C(=O)CC2CCCc3ccccc32)CC1. The van der Waals surface area contributed by atoms with Gasteiger partial charge < -0.3 is 15.4 Å². The Bertz CT molecular complexity index is 544. The smallest absolute Gasteiger partial charge is 0.223 e. The summed E-state index contributed by atoms with van der Waals surface area (Å²) in [5.41, 5.74) is 8.33. The predicted octanol–water partition coefficient (Wildman–Crippen LogP) is 3.27. The second-order valence-corrected chi connectivity index (χ2v) is 7.09. The third kappa shape index (κ3) is 5.44. The van der Waals surface area contributed by atoms with Gasteiger partial charge >= 0.3 is 0 Å². The number of carbonyl (C=O) groups is 1. The number of nitrogens with two attached hydrogens (primary N) is 1. The molecule has 5 heteroatoms. The van der Waals surface area contributed by atoms with Crippen molar-refractivity contribution >= 4 is 18.3 Å². The molecular formula is C20H31ClN2O2. The number of hydrogen-bond acceptors (Lipinski definition) is 3. The van der Waals surface area contributed by atoms with Crippen LogP contribution in [-0.4, -0.2) is 43.2 Å². The van der Waals surface area contributed by atoms with E-state index >= 15 is 0 Å². The van der Waals surface area contributed by atoms with Gasteiger partial charge in [-0.05, 0) is 62.1 Å². The van der Waals surface area contributed by atoms with Gasteiger partial charge in [-0.1, -0.05) is 24.3 Å². The minimum Gasteiger partial charge on any atom is -0.378 e. The lowest BCUT2D eigenvalue weighted by molar-refractivity contribution is -0.134. The van der Waals surface area contributed by atoms with Crippen LogP contribution in [0.2, 0.25) is 0 Å². The van der Waals surface area contributed by atoms with E-state index in [1.165, 1.54) is 17.5 Å². The molecule has 1 aromatic rings. The van der Waals surface area contributed by atoms with Gasteiger partial charge in [0.25, 0.3) is 0 Å². The van der Waals surface area contributed by atoms with Gasteiger partial charge in [-0.2, -0.15) is 0 Å². The second kappa shape index (κ2) is 10.1. The molecule has 1 aromatic carbocycles. The van der Waals surface area contributed by atoms with E-state index in [2.05, 4.69) is 24.3 Å². The summed E-state index contributed by atoms with van der Waals surface area (Å²) in [6.45, 7) is 3.09. The van der Waals surface area contributed by atoms with Crippen LogP contribution in [-0.2, 0) is 16.0 Å². The number of carbonyl (C=O) groups excluding carboxylic acids is 1. The summed E-state index contributed by atoms with van der Waals surface area (Å²) in [6.07, 6.45) is 7.29. The molecule has 0 saturated carbocycles. The molecule has 25 heavy (non-hydrogen) atoms. The standard InChI is InChI=1S/C20H30N2O2.ClH/c21-11-4-14-24-18-9-12-22(13-10-18)20(23)15-17-7-3-6-16-5-1-2-8-19(16)17;/h1-2,5,8,17-18H,3-4,6-7,9-15,21H2;1H. The first-order valence-corrected chi connectivity index (χ1v) is 9.45. The molecule has 1 heterocycles. The Balaban J connectivity index is 0.00000225. The molecule has 1 aliphatic heterocycles. The van der Waals surface area contributed by atoms with Crippen LogP contribution in [0, 0.1) is 0 Å². The van der Waals surface area contributed by atoms with Crippen LogP contribution >= 0.6 is 12.4 Å². The van der Waals surface area contributed by atoms with Crippen molar-refractivity contribution in [3.05, 3.63) is 35.4 Å². The van der Waals surface area contributed by atoms with Crippen LogP contribution in [0.25, 0.3) is 0 Å². The van der Waals surface area contributed by atoms with Gasteiger partial charge in [0.05, 0.1) is 6.10 Å². The number of aryl methyl sites for hydroxylation is 1. The molecule has 1 unspecified atom stereocenters. The topological polar surface area (TPSA) is 55.6 Å². The summed E-state index contributed by atoms with van der Waals surface area (Å²) < 4.78 is 5.83. The number of hydrogen-bond donors (Lipinski definition) is 1. The van der Waals surface area contributed by atoms with Gasteiger partial charge in [-0.15, -0.1) is 12.4 Å². The summed E-state index contributed by atoms with van der Waals surface area (Å²) >= 11 is 0. The normalized spacial score (nSPS) is 20.7. The molecular weight excluding hydrogens is 336 g/mol. The molecule has 0 aromatic heterocycles. The maximum absolute atomic E-state index is 12.7. The van der Waals surface area contributed by atoms with Crippen LogP contribution in [0.4, 0.5) is 0 Å². The predicted molar refractivity (Wildman–Crippen MR) is 103 cm³/mol. The van der Waals surface area contributed by atoms with Crippen molar-refractivity contribution in [1.29, 1.82) is 0 Å². The summed E-state index contributed by atoms with van der Waals surface area (Å²) in [5.74, 6) is 0.720. The van der Waals surface area contributed by atoms with E-state index in [0.717, 1.165) is 51.8 Å².